The summed E-state index contributed by atoms with van der Waals surface area (Å²) < 4.78 is 5.39. The number of halogens is 1. The van der Waals surface area contributed by atoms with Crippen molar-refractivity contribution in [2.24, 2.45) is 0 Å². The van der Waals surface area contributed by atoms with Gasteiger partial charge in [0.15, 0.2) is 0 Å². The number of nitrogen functional groups attached to an aromatic ring is 1. The second-order valence-electron chi connectivity index (χ2n) is 5.05. The van der Waals surface area contributed by atoms with Crippen molar-refractivity contribution in [3.05, 3.63) is 47.1 Å². The molecule has 2 N–H and O–H groups in total. The molecule has 1 aromatic carbocycles. The minimum atomic E-state index is 0.218. The van der Waals surface area contributed by atoms with E-state index in [1.807, 2.05) is 30.1 Å². The summed E-state index contributed by atoms with van der Waals surface area (Å²) in [5.41, 5.74) is 7.41. The van der Waals surface area contributed by atoms with Crippen molar-refractivity contribution >= 4 is 23.1 Å². The molecule has 0 aliphatic carbocycles. The van der Waals surface area contributed by atoms with E-state index in [4.69, 9.17) is 22.1 Å². The number of hydrogen-bond acceptors (Lipinski definition) is 4. The number of aromatic nitrogens is 1. The predicted octanol–water partition coefficient (Wildman–Crippen LogP) is 3.39. The van der Waals surface area contributed by atoms with Crippen LogP contribution in [0.5, 0.6) is 5.75 Å². The van der Waals surface area contributed by atoms with Gasteiger partial charge in [0.25, 0.3) is 0 Å². The lowest BCUT2D eigenvalue weighted by Gasteiger charge is -2.27. The Bertz CT molecular complexity index is 618. The summed E-state index contributed by atoms with van der Waals surface area (Å²) in [5.74, 6) is 1.63. The molecule has 0 saturated carbocycles. The van der Waals surface area contributed by atoms with Gasteiger partial charge in [-0.1, -0.05) is 29.8 Å². The van der Waals surface area contributed by atoms with Crippen molar-refractivity contribution in [3.8, 4) is 5.75 Å². The van der Waals surface area contributed by atoms with Gasteiger partial charge in [0.2, 0.25) is 0 Å². The number of hydrogen-bond donors (Lipinski definition) is 1. The minimum Gasteiger partial charge on any atom is -0.496 e. The molecule has 0 aliphatic heterocycles. The number of pyridine rings is 1. The molecule has 2 aromatic rings. The number of anilines is 2. The molecule has 0 amide bonds. The first-order valence-corrected chi connectivity index (χ1v) is 7.16. The van der Waals surface area contributed by atoms with Crippen molar-refractivity contribution in [1.82, 2.24) is 4.98 Å². The molecule has 0 fully saturated rings. The molecule has 0 spiro atoms. The van der Waals surface area contributed by atoms with Gasteiger partial charge in [0, 0.05) is 13.1 Å². The highest BCUT2D eigenvalue weighted by Crippen LogP contribution is 2.27. The lowest BCUT2D eigenvalue weighted by molar-refractivity contribution is 0.408. The van der Waals surface area contributed by atoms with Gasteiger partial charge in [-0.25, -0.2) is 4.98 Å². The number of rotatable bonds is 5. The van der Waals surface area contributed by atoms with Crippen molar-refractivity contribution in [2.75, 3.05) is 24.8 Å². The highest BCUT2D eigenvalue weighted by Gasteiger charge is 2.16. The number of likely N-dealkylation sites (N-methyl/N-ethyl adjacent to an activating group) is 1. The number of nitrogens with zero attached hydrogens (tertiary/aromatic N) is 2. The maximum Gasteiger partial charge on any atom is 0.147 e. The fraction of sp³-hybridized carbons (Fsp3) is 0.312. The molecular formula is C16H20ClN3O. The number of ether oxygens (including phenoxy) is 1. The normalized spacial score (nSPS) is 12.0. The first-order chi connectivity index (χ1) is 10.0. The van der Waals surface area contributed by atoms with E-state index in [0.29, 0.717) is 10.7 Å². The first-order valence-electron chi connectivity index (χ1n) is 6.78. The van der Waals surface area contributed by atoms with Crippen LogP contribution < -0.4 is 15.4 Å². The van der Waals surface area contributed by atoms with E-state index in [0.717, 1.165) is 23.6 Å². The van der Waals surface area contributed by atoms with E-state index in [1.165, 1.54) is 0 Å². The molecule has 4 nitrogen and oxygen atoms in total. The molecular weight excluding hydrogens is 286 g/mol. The molecule has 0 saturated heterocycles. The quantitative estimate of drug-likeness (QED) is 0.920. The van der Waals surface area contributed by atoms with Gasteiger partial charge < -0.3 is 15.4 Å². The summed E-state index contributed by atoms with van der Waals surface area (Å²) >= 11 is 6.22. The van der Waals surface area contributed by atoms with E-state index in [1.54, 1.807) is 19.4 Å². The Balaban J connectivity index is 2.17. The van der Waals surface area contributed by atoms with Crippen LogP contribution in [0.3, 0.4) is 0 Å². The molecule has 112 valence electrons. The second-order valence-corrected chi connectivity index (χ2v) is 5.46. The molecule has 2 rings (SSSR count). The molecule has 1 unspecified atom stereocenters. The third-order valence-corrected chi connectivity index (χ3v) is 3.82. The Hall–Kier alpha value is -1.94. The molecule has 1 atom stereocenters. The number of para-hydroxylation sites is 1. The maximum atomic E-state index is 6.22. The lowest BCUT2D eigenvalue weighted by Crippen LogP contribution is -2.31. The van der Waals surface area contributed by atoms with Crippen LogP contribution in [0.25, 0.3) is 0 Å². The van der Waals surface area contributed by atoms with Crippen LogP contribution >= 0.6 is 11.6 Å². The topological polar surface area (TPSA) is 51.4 Å². The molecule has 1 heterocycles. The highest BCUT2D eigenvalue weighted by atomic mass is 35.5. The highest BCUT2D eigenvalue weighted by molar-refractivity contribution is 6.33. The summed E-state index contributed by atoms with van der Waals surface area (Å²) in [6.45, 7) is 2.13. The minimum absolute atomic E-state index is 0.218. The Kier molecular flexibility index (Phi) is 4.91. The van der Waals surface area contributed by atoms with Crippen LogP contribution in [-0.2, 0) is 6.42 Å². The predicted molar refractivity (Wildman–Crippen MR) is 88.2 cm³/mol. The SMILES string of the molecule is COc1ccccc1CC(C)N(C)c1ncc(N)cc1Cl. The zero-order valence-corrected chi connectivity index (χ0v) is 13.3. The van der Waals surface area contributed by atoms with Crippen LogP contribution in [0.2, 0.25) is 5.02 Å². The monoisotopic (exact) mass is 305 g/mol. The average molecular weight is 306 g/mol. The van der Waals surface area contributed by atoms with Gasteiger partial charge in [-0.05, 0) is 31.0 Å². The van der Waals surface area contributed by atoms with Crippen LogP contribution in [0.15, 0.2) is 36.5 Å². The van der Waals surface area contributed by atoms with Crippen LogP contribution in [0.1, 0.15) is 12.5 Å². The smallest absolute Gasteiger partial charge is 0.147 e. The third-order valence-electron chi connectivity index (χ3n) is 3.55. The van der Waals surface area contributed by atoms with Crippen LogP contribution in [-0.4, -0.2) is 25.2 Å². The summed E-state index contributed by atoms with van der Waals surface area (Å²) in [7, 11) is 3.66. The molecule has 5 heteroatoms. The first kappa shape index (κ1) is 15.4. The lowest BCUT2D eigenvalue weighted by atomic mass is 10.1. The summed E-state index contributed by atoms with van der Waals surface area (Å²) in [6.07, 6.45) is 2.45. The average Bonchev–Trinajstić information content (AvgIpc) is 2.47. The van der Waals surface area contributed by atoms with E-state index >= 15 is 0 Å². The van der Waals surface area contributed by atoms with Gasteiger partial charge in [-0.15, -0.1) is 0 Å². The van der Waals surface area contributed by atoms with Gasteiger partial charge in [-0.3, -0.25) is 0 Å². The van der Waals surface area contributed by atoms with Gasteiger partial charge >= 0.3 is 0 Å². The molecule has 0 bridgehead atoms. The zero-order valence-electron chi connectivity index (χ0n) is 12.5. The van der Waals surface area contributed by atoms with Crippen LogP contribution in [0, 0.1) is 0 Å². The van der Waals surface area contributed by atoms with Gasteiger partial charge in [0.1, 0.15) is 11.6 Å². The largest absolute Gasteiger partial charge is 0.496 e. The number of methoxy groups -OCH3 is 1. The van der Waals surface area contributed by atoms with Crippen molar-refractivity contribution in [1.29, 1.82) is 0 Å². The van der Waals surface area contributed by atoms with Crippen molar-refractivity contribution in [3.63, 3.8) is 0 Å². The van der Waals surface area contributed by atoms with E-state index < -0.39 is 0 Å². The number of benzene rings is 1. The fourth-order valence-electron chi connectivity index (χ4n) is 2.24. The van der Waals surface area contributed by atoms with E-state index in [9.17, 15) is 0 Å². The third kappa shape index (κ3) is 3.58. The Morgan fingerprint density at radius 2 is 2.10 bits per heavy atom. The summed E-state index contributed by atoms with van der Waals surface area (Å²) in [4.78, 5) is 6.37. The van der Waals surface area contributed by atoms with Gasteiger partial charge in [-0.2, -0.15) is 0 Å². The summed E-state index contributed by atoms with van der Waals surface area (Å²) in [6, 6.07) is 9.96. The zero-order chi connectivity index (χ0) is 15.4. The Labute approximate surface area is 130 Å². The Morgan fingerprint density at radius 3 is 2.76 bits per heavy atom. The molecule has 1 aromatic heterocycles. The Morgan fingerprint density at radius 1 is 1.38 bits per heavy atom. The maximum absolute atomic E-state index is 6.22. The van der Waals surface area contributed by atoms with Gasteiger partial charge in [0.05, 0.1) is 24.0 Å². The second kappa shape index (κ2) is 6.68. The van der Waals surface area contributed by atoms with Crippen molar-refractivity contribution < 1.29 is 4.74 Å². The molecule has 0 radical (unpaired) electrons. The molecule has 21 heavy (non-hydrogen) atoms. The number of nitrogens with two attached hydrogens (primary N) is 1. The fourth-order valence-corrected chi connectivity index (χ4v) is 2.55. The van der Waals surface area contributed by atoms with E-state index in [2.05, 4.69) is 18.0 Å². The standard InChI is InChI=1S/C16H20ClN3O/c1-11(8-12-6-4-5-7-15(12)21-3)20(2)16-14(17)9-13(18)10-19-16/h4-7,9-11H,8,18H2,1-3H3. The molecule has 0 aliphatic rings. The van der Waals surface area contributed by atoms with Crippen molar-refractivity contribution in [2.45, 2.75) is 19.4 Å². The van der Waals surface area contributed by atoms with Crippen LogP contribution in [0.4, 0.5) is 11.5 Å². The summed E-state index contributed by atoms with van der Waals surface area (Å²) in [5, 5.41) is 0.560. The van der Waals surface area contributed by atoms with E-state index in [-0.39, 0.29) is 6.04 Å².